The van der Waals surface area contributed by atoms with Crippen LogP contribution in [0.2, 0.25) is 0 Å². The van der Waals surface area contributed by atoms with Gasteiger partial charge in [-0.2, -0.15) is 0 Å². The van der Waals surface area contributed by atoms with Gasteiger partial charge in [0, 0.05) is 19.5 Å². The molecule has 0 amide bonds. The summed E-state index contributed by atoms with van der Waals surface area (Å²) in [6.45, 7) is 12.1. The lowest BCUT2D eigenvalue weighted by molar-refractivity contribution is -0.151. The molecule has 1 aliphatic heterocycles. The summed E-state index contributed by atoms with van der Waals surface area (Å²) >= 11 is 0. The van der Waals surface area contributed by atoms with Crippen molar-refractivity contribution in [2.24, 2.45) is 11.8 Å². The van der Waals surface area contributed by atoms with Gasteiger partial charge in [0.15, 0.2) is 0 Å². The minimum Gasteiger partial charge on any atom is -0.465 e. The number of nitrogens with zero attached hydrogens (tertiary/aromatic N) is 2. The molecule has 0 aromatic carbocycles. The fourth-order valence-electron chi connectivity index (χ4n) is 8.91. The van der Waals surface area contributed by atoms with Crippen molar-refractivity contribution in [3.63, 3.8) is 0 Å². The maximum Gasteiger partial charge on any atom is 0.323 e. The molecule has 4 atom stereocenters. The maximum absolute atomic E-state index is 13.4. The van der Waals surface area contributed by atoms with Crippen molar-refractivity contribution >= 4 is 23.9 Å². The van der Waals surface area contributed by atoms with Crippen LogP contribution in [0.15, 0.2) is 0 Å². The summed E-state index contributed by atoms with van der Waals surface area (Å²) < 4.78 is 23.2. The van der Waals surface area contributed by atoms with E-state index in [-0.39, 0.29) is 41.8 Å². The molecule has 3 unspecified atom stereocenters. The van der Waals surface area contributed by atoms with Crippen LogP contribution in [0.4, 0.5) is 0 Å². The van der Waals surface area contributed by atoms with Crippen LogP contribution in [-0.4, -0.2) is 99.4 Å². The Balaban J connectivity index is 2.51. The molecule has 0 saturated carbocycles. The molecule has 10 nitrogen and oxygen atoms in total. The lowest BCUT2D eigenvalue weighted by Crippen LogP contribution is -2.38. The molecule has 0 N–H and O–H groups in total. The van der Waals surface area contributed by atoms with Gasteiger partial charge in [-0.3, -0.25) is 24.1 Å². The third kappa shape index (κ3) is 32.5. The lowest BCUT2D eigenvalue weighted by atomic mass is 9.94. The van der Waals surface area contributed by atoms with Crippen LogP contribution >= 0.6 is 0 Å². The first-order valence-corrected chi connectivity index (χ1v) is 27.2. The number of rotatable bonds is 45. The van der Waals surface area contributed by atoms with Gasteiger partial charge in [0.05, 0.1) is 38.1 Å². The molecule has 0 spiro atoms. The summed E-state index contributed by atoms with van der Waals surface area (Å²) in [6.07, 6.45) is 35.5. The average molecular weight is 907 g/mol. The minimum atomic E-state index is -0.431. The Kier molecular flexibility index (Phi) is 39.4. The van der Waals surface area contributed by atoms with Crippen LogP contribution < -0.4 is 0 Å². The Bertz CT molecular complexity index is 1130. The van der Waals surface area contributed by atoms with Crippen LogP contribution in [0, 0.1) is 11.8 Å². The smallest absolute Gasteiger partial charge is 0.323 e. The summed E-state index contributed by atoms with van der Waals surface area (Å²) in [5, 5.41) is 0. The SMILES string of the molecule is CCCCCCCCC(CCCCCC)C(=O)OCCCCCCOC(=O)[C@@H]1CC(OC(=O)CCN(C)C)CN1CCCCCCOC(=O)C(CCCCCC)CCCCCCCC. The lowest BCUT2D eigenvalue weighted by Gasteiger charge is -2.22. The highest BCUT2D eigenvalue weighted by Gasteiger charge is 2.39. The molecule has 1 fully saturated rings. The number of hydrogen-bond donors (Lipinski definition) is 0. The predicted molar refractivity (Wildman–Crippen MR) is 263 cm³/mol. The van der Waals surface area contributed by atoms with Gasteiger partial charge in [0.25, 0.3) is 0 Å². The standard InChI is InChI=1S/C54H102N2O8/c1-7-11-15-19-21-29-37-47(35-27-17-13-9-3)52(58)61-42-32-24-23-31-40-56-46-49(64-51(57)39-41-55(5)6)45-50(56)54(60)63-44-34-26-25-33-43-62-53(59)48(36-28-18-14-10-4)38-30-22-20-16-12-8-2/h47-50H,7-46H2,1-6H3/t47?,48?,49?,50-/m0/s1. The Morgan fingerprint density at radius 1 is 0.500 bits per heavy atom. The number of hydrogen-bond acceptors (Lipinski definition) is 10. The largest absolute Gasteiger partial charge is 0.465 e. The molecule has 1 aliphatic rings. The molecule has 0 aromatic heterocycles. The van der Waals surface area contributed by atoms with Gasteiger partial charge in [0.2, 0.25) is 0 Å². The van der Waals surface area contributed by atoms with E-state index in [0.717, 1.165) is 109 Å². The zero-order chi connectivity index (χ0) is 46.9. The predicted octanol–water partition coefficient (Wildman–Crippen LogP) is 13.3. The quantitative estimate of drug-likeness (QED) is 0.0333. The summed E-state index contributed by atoms with van der Waals surface area (Å²) in [6, 6.07) is -0.431. The fraction of sp³-hybridized carbons (Fsp3) is 0.926. The molecule has 0 aromatic rings. The Hall–Kier alpha value is -2.20. The first-order valence-electron chi connectivity index (χ1n) is 27.2. The third-order valence-corrected chi connectivity index (χ3v) is 13.1. The van der Waals surface area contributed by atoms with Crippen molar-refractivity contribution in [2.75, 3.05) is 53.6 Å². The second kappa shape index (κ2) is 42.2. The normalized spacial score (nSPS) is 16.2. The van der Waals surface area contributed by atoms with Gasteiger partial charge in [-0.1, -0.05) is 169 Å². The van der Waals surface area contributed by atoms with Gasteiger partial charge >= 0.3 is 23.9 Å². The zero-order valence-electron chi connectivity index (χ0n) is 42.8. The van der Waals surface area contributed by atoms with Crippen molar-refractivity contribution in [2.45, 2.75) is 258 Å². The van der Waals surface area contributed by atoms with E-state index in [4.69, 9.17) is 18.9 Å². The van der Waals surface area contributed by atoms with E-state index >= 15 is 0 Å². The topological polar surface area (TPSA) is 112 Å². The second-order valence-electron chi connectivity index (χ2n) is 19.4. The molecule has 1 rings (SSSR count). The molecule has 1 heterocycles. The molecule has 64 heavy (non-hydrogen) atoms. The summed E-state index contributed by atoms with van der Waals surface area (Å²) in [5.41, 5.74) is 0. The molecular formula is C54H102N2O8. The third-order valence-electron chi connectivity index (χ3n) is 13.1. The van der Waals surface area contributed by atoms with Crippen LogP contribution in [0.3, 0.4) is 0 Å². The van der Waals surface area contributed by atoms with E-state index in [2.05, 4.69) is 32.6 Å². The van der Waals surface area contributed by atoms with Gasteiger partial charge in [-0.05, 0) is 84.8 Å². The van der Waals surface area contributed by atoms with Crippen molar-refractivity contribution < 1.29 is 38.1 Å². The van der Waals surface area contributed by atoms with Gasteiger partial charge in [0.1, 0.15) is 12.1 Å². The van der Waals surface area contributed by atoms with E-state index < -0.39 is 6.04 Å². The number of esters is 4. The molecule has 10 heteroatoms. The number of ether oxygens (including phenoxy) is 4. The summed E-state index contributed by atoms with van der Waals surface area (Å²) in [7, 11) is 3.87. The molecule has 0 aliphatic carbocycles. The number of unbranched alkanes of at least 4 members (excludes halogenated alkanes) is 22. The van der Waals surface area contributed by atoms with E-state index in [0.29, 0.717) is 45.8 Å². The van der Waals surface area contributed by atoms with Crippen LogP contribution in [0.5, 0.6) is 0 Å². The van der Waals surface area contributed by atoms with Crippen molar-refractivity contribution in [3.05, 3.63) is 0 Å². The average Bonchev–Trinajstić information content (AvgIpc) is 3.68. The van der Waals surface area contributed by atoms with Crippen molar-refractivity contribution in [3.8, 4) is 0 Å². The number of carbonyl (C=O) groups is 4. The van der Waals surface area contributed by atoms with Crippen LogP contribution in [0.1, 0.15) is 246 Å². The monoisotopic (exact) mass is 907 g/mol. The second-order valence-corrected chi connectivity index (χ2v) is 19.4. The number of carbonyl (C=O) groups excluding carboxylic acids is 4. The Morgan fingerprint density at radius 2 is 0.875 bits per heavy atom. The van der Waals surface area contributed by atoms with Gasteiger partial charge in [-0.15, -0.1) is 0 Å². The zero-order valence-corrected chi connectivity index (χ0v) is 42.8. The highest BCUT2D eigenvalue weighted by molar-refractivity contribution is 5.76. The first kappa shape index (κ1) is 59.8. The summed E-state index contributed by atoms with van der Waals surface area (Å²) in [4.78, 5) is 56.2. The fourth-order valence-corrected chi connectivity index (χ4v) is 8.91. The minimum absolute atomic E-state index is 0.00834. The van der Waals surface area contributed by atoms with E-state index in [1.165, 1.54) is 103 Å². The Morgan fingerprint density at radius 3 is 1.31 bits per heavy atom. The number of likely N-dealkylation sites (tertiary alicyclic amines) is 1. The Labute approximate surface area is 394 Å². The molecular weight excluding hydrogens is 805 g/mol. The molecule has 376 valence electrons. The van der Waals surface area contributed by atoms with E-state index in [9.17, 15) is 19.2 Å². The van der Waals surface area contributed by atoms with Crippen LogP contribution in [-0.2, 0) is 38.1 Å². The van der Waals surface area contributed by atoms with E-state index in [1.54, 1.807) is 0 Å². The molecule has 1 saturated heterocycles. The summed E-state index contributed by atoms with van der Waals surface area (Å²) in [5.74, 6) is -0.447. The van der Waals surface area contributed by atoms with E-state index in [1.807, 2.05) is 19.0 Å². The highest BCUT2D eigenvalue weighted by atomic mass is 16.6. The van der Waals surface area contributed by atoms with Crippen LogP contribution in [0.25, 0.3) is 0 Å². The first-order chi connectivity index (χ1) is 31.2. The van der Waals surface area contributed by atoms with Crippen molar-refractivity contribution in [1.29, 1.82) is 0 Å². The van der Waals surface area contributed by atoms with Gasteiger partial charge in [-0.25, -0.2) is 0 Å². The molecule has 0 radical (unpaired) electrons. The molecule has 0 bridgehead atoms. The van der Waals surface area contributed by atoms with Gasteiger partial charge < -0.3 is 23.8 Å². The maximum atomic E-state index is 13.4. The van der Waals surface area contributed by atoms with Crippen molar-refractivity contribution in [1.82, 2.24) is 9.80 Å². The highest BCUT2D eigenvalue weighted by Crippen LogP contribution is 2.25.